The first-order valence-corrected chi connectivity index (χ1v) is 18.5. The Balaban J connectivity index is 1.50. The van der Waals surface area contributed by atoms with Gasteiger partial charge in [0, 0.05) is 43.0 Å². The van der Waals surface area contributed by atoms with Crippen LogP contribution in [0.4, 0.5) is 0 Å². The maximum Gasteiger partial charge on any atom is 0.326 e. The van der Waals surface area contributed by atoms with E-state index >= 15 is 0 Å². The van der Waals surface area contributed by atoms with Crippen LogP contribution in [0.3, 0.4) is 0 Å². The minimum atomic E-state index is -3.61. The molecule has 1 amide bonds. The third-order valence-electron chi connectivity index (χ3n) is 8.01. The van der Waals surface area contributed by atoms with Crippen LogP contribution >= 0.6 is 30.9 Å². The Morgan fingerprint density at radius 1 is 1.10 bits per heavy atom. The van der Waals surface area contributed by atoms with Crippen LogP contribution in [-0.2, 0) is 34.6 Å². The second-order valence-corrected chi connectivity index (χ2v) is 16.9. The molecule has 3 fully saturated rings. The number of carbonyl (C=O) groups is 3. The molecule has 4 rings (SSSR count). The van der Waals surface area contributed by atoms with Gasteiger partial charge in [-0.15, -0.1) is 23.5 Å². The smallest absolute Gasteiger partial charge is 0.326 e. The molecule has 1 saturated carbocycles. The maximum atomic E-state index is 14.5. The molecule has 0 bridgehead atoms. The van der Waals surface area contributed by atoms with Gasteiger partial charge >= 0.3 is 11.9 Å². The van der Waals surface area contributed by atoms with E-state index in [1.54, 1.807) is 30.4 Å². The second kappa shape index (κ2) is 14.6. The normalized spacial score (nSPS) is 23.1. The van der Waals surface area contributed by atoms with Crippen LogP contribution in [0.15, 0.2) is 30.3 Å². The standard InChI is InChI=1S/C29H42NO7PS2/c1-2-26(32)36-28(23-14-7-4-8-15-23)37-38(35,16-10-9-13-22-11-5-3-6-12-22)20-25(31)30-21-29(39-17-18-40-29)19-24(30)27(33)34/h3,5-6,11-12,23-24,28H,2,4,7-10,13-21H2,1H3,(H,33,34). The van der Waals surface area contributed by atoms with Gasteiger partial charge in [-0.3, -0.25) is 18.7 Å². The quantitative estimate of drug-likeness (QED) is 0.124. The molecule has 3 atom stereocenters. The van der Waals surface area contributed by atoms with Gasteiger partial charge < -0.3 is 14.7 Å². The van der Waals surface area contributed by atoms with Gasteiger partial charge in [0.05, 0.1) is 4.08 Å². The van der Waals surface area contributed by atoms with Crippen molar-refractivity contribution < 1.29 is 33.3 Å². The molecular formula is C29H42NO7PS2. The molecule has 1 aromatic rings. The number of ether oxygens (including phenoxy) is 1. The zero-order chi connectivity index (χ0) is 28.6. The summed E-state index contributed by atoms with van der Waals surface area (Å²) in [5.41, 5.74) is 1.18. The molecule has 11 heteroatoms. The Morgan fingerprint density at radius 3 is 2.45 bits per heavy atom. The summed E-state index contributed by atoms with van der Waals surface area (Å²) < 4.78 is 26.1. The van der Waals surface area contributed by atoms with Crippen molar-refractivity contribution in [1.82, 2.24) is 4.90 Å². The number of aliphatic carboxylic acids is 1. The van der Waals surface area contributed by atoms with Crippen molar-refractivity contribution in [2.24, 2.45) is 5.92 Å². The van der Waals surface area contributed by atoms with E-state index in [4.69, 9.17) is 9.26 Å². The van der Waals surface area contributed by atoms with Gasteiger partial charge in [0.25, 0.3) is 0 Å². The minimum absolute atomic E-state index is 0.0647. The fraction of sp³-hybridized carbons (Fsp3) is 0.690. The van der Waals surface area contributed by atoms with Crippen molar-refractivity contribution >= 4 is 48.7 Å². The molecule has 1 spiro atoms. The SMILES string of the molecule is CCC(=O)OC(OP(=O)(CCCCc1ccccc1)CC(=O)N1CC2(CC1C(=O)O)SCCS2)C1CCCCC1. The van der Waals surface area contributed by atoms with E-state index in [2.05, 4.69) is 12.1 Å². The third-order valence-corrected chi connectivity index (χ3v) is 13.8. The summed E-state index contributed by atoms with van der Waals surface area (Å²) in [4.78, 5) is 39.6. The number of carboxylic acid groups (broad SMARTS) is 1. The van der Waals surface area contributed by atoms with Crippen molar-refractivity contribution in [3.05, 3.63) is 35.9 Å². The first kappa shape index (κ1) is 31.5. The summed E-state index contributed by atoms with van der Waals surface area (Å²) in [5.74, 6) is -0.116. The van der Waals surface area contributed by atoms with Crippen LogP contribution in [-0.4, -0.2) is 74.6 Å². The van der Waals surface area contributed by atoms with Crippen molar-refractivity contribution in [2.45, 2.75) is 87.5 Å². The third kappa shape index (κ3) is 8.52. The average molecular weight is 612 g/mol. The molecule has 1 aromatic carbocycles. The van der Waals surface area contributed by atoms with E-state index in [0.717, 1.165) is 56.5 Å². The summed E-state index contributed by atoms with van der Waals surface area (Å²) in [7, 11) is -3.61. The number of nitrogens with zero attached hydrogens (tertiary/aromatic N) is 1. The van der Waals surface area contributed by atoms with Crippen LogP contribution in [0, 0.1) is 5.92 Å². The van der Waals surface area contributed by atoms with Gasteiger partial charge in [0.15, 0.2) is 0 Å². The first-order valence-electron chi connectivity index (χ1n) is 14.5. The Morgan fingerprint density at radius 2 is 1.80 bits per heavy atom. The summed E-state index contributed by atoms with van der Waals surface area (Å²) in [6.45, 7) is 2.03. The number of hydrogen-bond acceptors (Lipinski definition) is 8. The number of carboxylic acids is 1. The number of rotatable bonds is 13. The molecule has 8 nitrogen and oxygen atoms in total. The predicted molar refractivity (Wildman–Crippen MR) is 160 cm³/mol. The van der Waals surface area contributed by atoms with E-state index in [1.807, 2.05) is 18.2 Å². The fourth-order valence-corrected chi connectivity index (χ4v) is 11.3. The molecular weight excluding hydrogens is 569 g/mol. The van der Waals surface area contributed by atoms with Crippen molar-refractivity contribution in [3.63, 3.8) is 0 Å². The van der Waals surface area contributed by atoms with Gasteiger partial charge in [-0.25, -0.2) is 4.79 Å². The highest BCUT2D eigenvalue weighted by Gasteiger charge is 2.52. The van der Waals surface area contributed by atoms with Crippen molar-refractivity contribution in [2.75, 3.05) is 30.4 Å². The lowest BCUT2D eigenvalue weighted by Crippen LogP contribution is -2.42. The molecule has 3 aliphatic rings. The number of hydrogen-bond donors (Lipinski definition) is 1. The summed E-state index contributed by atoms with van der Waals surface area (Å²) in [6, 6.07) is 9.11. The van der Waals surface area contributed by atoms with Crippen LogP contribution < -0.4 is 0 Å². The molecule has 0 aromatic heterocycles. The van der Waals surface area contributed by atoms with Crippen LogP contribution in [0.25, 0.3) is 0 Å². The number of carbonyl (C=O) groups excluding carboxylic acids is 2. The first-order chi connectivity index (χ1) is 19.2. The minimum Gasteiger partial charge on any atom is -0.480 e. The highest BCUT2D eigenvalue weighted by molar-refractivity contribution is 8.21. The van der Waals surface area contributed by atoms with Crippen LogP contribution in [0.2, 0.25) is 0 Å². The lowest BCUT2D eigenvalue weighted by molar-refractivity contribution is -0.172. The van der Waals surface area contributed by atoms with E-state index in [0.29, 0.717) is 19.4 Å². The maximum absolute atomic E-state index is 14.5. The predicted octanol–water partition coefficient (Wildman–Crippen LogP) is 6.03. The molecule has 222 valence electrons. The highest BCUT2D eigenvalue weighted by atomic mass is 32.2. The zero-order valence-corrected chi connectivity index (χ0v) is 25.9. The molecule has 2 heterocycles. The Labute approximate surface area is 246 Å². The number of esters is 1. The largest absolute Gasteiger partial charge is 0.480 e. The number of thioether (sulfide) groups is 2. The van der Waals surface area contributed by atoms with Gasteiger partial charge in [0.1, 0.15) is 12.2 Å². The van der Waals surface area contributed by atoms with E-state index in [-0.39, 0.29) is 28.7 Å². The second-order valence-electron chi connectivity index (χ2n) is 11.0. The average Bonchev–Trinajstić information content (AvgIpc) is 3.58. The zero-order valence-electron chi connectivity index (χ0n) is 23.3. The number of benzene rings is 1. The molecule has 1 N–H and O–H groups in total. The van der Waals surface area contributed by atoms with Crippen molar-refractivity contribution in [1.29, 1.82) is 0 Å². The number of aryl methyl sites for hydroxylation is 1. The van der Waals surface area contributed by atoms with E-state index < -0.39 is 37.5 Å². The van der Waals surface area contributed by atoms with Gasteiger partial charge in [0.2, 0.25) is 19.6 Å². The fourth-order valence-electron chi connectivity index (χ4n) is 5.83. The Kier molecular flexibility index (Phi) is 11.5. The molecule has 1 aliphatic carbocycles. The van der Waals surface area contributed by atoms with Gasteiger partial charge in [-0.2, -0.15) is 0 Å². The molecule has 3 unspecified atom stereocenters. The topological polar surface area (TPSA) is 110 Å². The van der Waals surface area contributed by atoms with Crippen molar-refractivity contribution in [3.8, 4) is 0 Å². The number of amides is 1. The van der Waals surface area contributed by atoms with E-state index in [9.17, 15) is 24.1 Å². The van der Waals surface area contributed by atoms with Gasteiger partial charge in [-0.05, 0) is 37.7 Å². The lowest BCUT2D eigenvalue weighted by Gasteiger charge is -2.33. The molecule has 2 aliphatic heterocycles. The van der Waals surface area contributed by atoms with Crippen LogP contribution in [0.1, 0.15) is 70.3 Å². The number of unbranched alkanes of at least 4 members (excludes halogenated alkanes) is 1. The highest BCUT2D eigenvalue weighted by Crippen LogP contribution is 2.54. The molecule has 40 heavy (non-hydrogen) atoms. The molecule has 2 saturated heterocycles. The molecule has 0 radical (unpaired) electrons. The Bertz CT molecular complexity index is 1060. The summed E-state index contributed by atoms with van der Waals surface area (Å²) in [5, 5.41) is 9.93. The monoisotopic (exact) mass is 611 g/mol. The summed E-state index contributed by atoms with van der Waals surface area (Å²) >= 11 is 3.43. The number of likely N-dealkylation sites (tertiary alicyclic amines) is 1. The van der Waals surface area contributed by atoms with Gasteiger partial charge in [-0.1, -0.05) is 56.5 Å². The summed E-state index contributed by atoms with van der Waals surface area (Å²) in [6.07, 6.45) is 6.27. The van der Waals surface area contributed by atoms with E-state index in [1.165, 1.54) is 10.5 Å². The lowest BCUT2D eigenvalue weighted by atomic mass is 9.89. The van der Waals surface area contributed by atoms with Crippen LogP contribution in [0.5, 0.6) is 0 Å². The Hall–Kier alpha value is -1.48.